The topological polar surface area (TPSA) is 41.9 Å². The molecular formula is C26H24N2O2. The Morgan fingerprint density at radius 2 is 1.53 bits per heavy atom. The van der Waals surface area contributed by atoms with Crippen LogP contribution in [0.25, 0.3) is 5.57 Å². The Morgan fingerprint density at radius 3 is 2.27 bits per heavy atom. The highest BCUT2D eigenvalue weighted by Crippen LogP contribution is 2.52. The van der Waals surface area contributed by atoms with Crippen molar-refractivity contribution in [2.75, 3.05) is 19.0 Å². The van der Waals surface area contributed by atoms with Crippen molar-refractivity contribution in [2.24, 2.45) is 4.99 Å². The van der Waals surface area contributed by atoms with Crippen LogP contribution in [0, 0.1) is 0 Å². The van der Waals surface area contributed by atoms with Crippen molar-refractivity contribution in [3.63, 3.8) is 0 Å². The first kappa shape index (κ1) is 18.6. The zero-order valence-electron chi connectivity index (χ0n) is 17.6. The van der Waals surface area contributed by atoms with E-state index in [1.54, 1.807) is 0 Å². The van der Waals surface area contributed by atoms with Gasteiger partial charge < -0.3 is 9.64 Å². The molecule has 4 nitrogen and oxygen atoms in total. The van der Waals surface area contributed by atoms with Gasteiger partial charge >= 0.3 is 5.97 Å². The monoisotopic (exact) mass is 396 g/mol. The predicted octanol–water partition coefficient (Wildman–Crippen LogP) is 3.43. The molecular weight excluding hydrogens is 372 g/mol. The number of ether oxygens (including phenoxy) is 1. The summed E-state index contributed by atoms with van der Waals surface area (Å²) in [7, 11) is 4.03. The number of esters is 1. The Labute approximate surface area is 176 Å². The van der Waals surface area contributed by atoms with Crippen molar-refractivity contribution in [3.8, 4) is 0 Å². The number of benzene rings is 3. The summed E-state index contributed by atoms with van der Waals surface area (Å²) in [5, 5.41) is 1.96. The number of cyclic esters (lactones) is 1. The molecule has 4 heteroatoms. The van der Waals surface area contributed by atoms with Gasteiger partial charge in [-0.1, -0.05) is 48.5 Å². The second kappa shape index (κ2) is 6.30. The van der Waals surface area contributed by atoms with Crippen LogP contribution in [0.3, 0.4) is 0 Å². The van der Waals surface area contributed by atoms with E-state index in [-0.39, 0.29) is 5.97 Å². The molecule has 0 aliphatic carbocycles. The lowest BCUT2D eigenvalue weighted by Crippen LogP contribution is -2.41. The molecule has 30 heavy (non-hydrogen) atoms. The van der Waals surface area contributed by atoms with E-state index in [1.165, 1.54) is 0 Å². The molecule has 0 N–H and O–H groups in total. The average molecular weight is 396 g/mol. The van der Waals surface area contributed by atoms with Crippen LogP contribution < -0.4 is 15.5 Å². The van der Waals surface area contributed by atoms with Gasteiger partial charge in [-0.05, 0) is 38.1 Å². The van der Waals surface area contributed by atoms with Gasteiger partial charge in [-0.2, -0.15) is 0 Å². The minimum absolute atomic E-state index is 0.296. The third-order valence-electron chi connectivity index (χ3n) is 6.10. The van der Waals surface area contributed by atoms with E-state index < -0.39 is 11.1 Å². The Kier molecular flexibility index (Phi) is 3.91. The summed E-state index contributed by atoms with van der Waals surface area (Å²) in [6.07, 6.45) is 0. The van der Waals surface area contributed by atoms with Crippen LogP contribution in [0.1, 0.15) is 35.3 Å². The molecule has 1 unspecified atom stereocenters. The zero-order chi connectivity index (χ0) is 21.1. The Bertz CT molecular complexity index is 1290. The highest BCUT2D eigenvalue weighted by atomic mass is 16.6. The summed E-state index contributed by atoms with van der Waals surface area (Å²) in [6.45, 7) is 4.18. The fourth-order valence-electron chi connectivity index (χ4n) is 4.85. The van der Waals surface area contributed by atoms with Gasteiger partial charge in [0.05, 0.1) is 16.5 Å². The van der Waals surface area contributed by atoms with Gasteiger partial charge in [0.15, 0.2) is 5.60 Å². The third kappa shape index (κ3) is 2.46. The van der Waals surface area contributed by atoms with E-state index in [2.05, 4.69) is 49.1 Å². The van der Waals surface area contributed by atoms with Crippen LogP contribution in [0.5, 0.6) is 0 Å². The second-order valence-electron chi connectivity index (χ2n) is 8.62. The summed E-state index contributed by atoms with van der Waals surface area (Å²) < 4.78 is 6.33. The lowest BCUT2D eigenvalue weighted by Gasteiger charge is -2.37. The molecule has 1 atom stereocenters. The fourth-order valence-corrected chi connectivity index (χ4v) is 4.85. The Hall–Kier alpha value is -3.40. The van der Waals surface area contributed by atoms with Crippen LogP contribution in [-0.2, 0) is 10.3 Å². The Balaban J connectivity index is 1.90. The molecule has 0 saturated heterocycles. The summed E-state index contributed by atoms with van der Waals surface area (Å²) in [6, 6.07) is 24.1. The lowest BCUT2D eigenvalue weighted by molar-refractivity contribution is 0.0282. The molecule has 3 aromatic rings. The molecule has 0 bridgehead atoms. The molecule has 0 saturated carbocycles. The first-order chi connectivity index (χ1) is 14.3. The summed E-state index contributed by atoms with van der Waals surface area (Å²) in [4.78, 5) is 20.1. The van der Waals surface area contributed by atoms with E-state index in [9.17, 15) is 4.79 Å². The SMILES string of the molecule is CN(C)c1ccc(C2(C3=c4ccccc4=NC3(C)C)OC(=O)c3ccccc32)cc1. The molecule has 0 spiro atoms. The van der Waals surface area contributed by atoms with Crippen molar-refractivity contribution in [2.45, 2.75) is 25.0 Å². The van der Waals surface area contributed by atoms with Gasteiger partial charge in [0, 0.05) is 41.7 Å². The normalized spacial score (nSPS) is 20.9. The quantitative estimate of drug-likeness (QED) is 0.637. The number of carbonyl (C=O) groups is 1. The van der Waals surface area contributed by atoms with E-state index in [0.717, 1.165) is 33.0 Å². The summed E-state index contributed by atoms with van der Waals surface area (Å²) >= 11 is 0. The standard InChI is InChI=1S/C26H24N2O2/c1-25(2)23(20-10-6-8-12-22(20)27-25)26(17-13-15-18(16-14-17)28(3)4)21-11-7-5-9-19(21)24(29)30-26/h5-16H,1-4H3. The number of hydrogen-bond acceptors (Lipinski definition) is 4. The van der Waals surface area contributed by atoms with E-state index in [0.29, 0.717) is 5.56 Å². The van der Waals surface area contributed by atoms with Gasteiger partial charge in [0.25, 0.3) is 0 Å². The number of para-hydroxylation sites is 1. The molecule has 5 rings (SSSR count). The third-order valence-corrected chi connectivity index (χ3v) is 6.10. The maximum absolute atomic E-state index is 13.0. The number of hydrogen-bond donors (Lipinski definition) is 0. The molecule has 0 fully saturated rings. The van der Waals surface area contributed by atoms with Crippen LogP contribution in [0.2, 0.25) is 0 Å². The van der Waals surface area contributed by atoms with Crippen molar-refractivity contribution in [1.29, 1.82) is 0 Å². The van der Waals surface area contributed by atoms with Crippen molar-refractivity contribution < 1.29 is 9.53 Å². The van der Waals surface area contributed by atoms with E-state index in [1.807, 2.05) is 56.6 Å². The number of fused-ring (bicyclic) bond motifs is 2. The highest BCUT2D eigenvalue weighted by molar-refractivity contribution is 5.99. The number of anilines is 1. The van der Waals surface area contributed by atoms with E-state index in [4.69, 9.17) is 9.73 Å². The summed E-state index contributed by atoms with van der Waals surface area (Å²) in [5.41, 5.74) is 2.97. The fraction of sp³-hybridized carbons (Fsp3) is 0.231. The molecule has 0 radical (unpaired) electrons. The number of nitrogens with zero attached hydrogens (tertiary/aromatic N) is 2. The molecule has 2 aliphatic heterocycles. The Morgan fingerprint density at radius 1 is 0.867 bits per heavy atom. The maximum Gasteiger partial charge on any atom is 0.340 e. The molecule has 0 amide bonds. The maximum atomic E-state index is 13.0. The van der Waals surface area contributed by atoms with Crippen LogP contribution in [0.15, 0.2) is 77.8 Å². The minimum atomic E-state index is -1.02. The van der Waals surface area contributed by atoms with Crippen molar-refractivity contribution in [1.82, 2.24) is 0 Å². The number of carbonyl (C=O) groups excluding carboxylic acids is 1. The second-order valence-corrected chi connectivity index (χ2v) is 8.62. The zero-order valence-corrected chi connectivity index (χ0v) is 17.6. The van der Waals surface area contributed by atoms with Gasteiger partial charge in [-0.15, -0.1) is 0 Å². The first-order valence-corrected chi connectivity index (χ1v) is 10.2. The first-order valence-electron chi connectivity index (χ1n) is 10.2. The highest BCUT2D eigenvalue weighted by Gasteiger charge is 2.54. The summed E-state index contributed by atoms with van der Waals surface area (Å²) in [5.74, 6) is -0.296. The van der Waals surface area contributed by atoms with Gasteiger partial charge in [-0.3, -0.25) is 4.99 Å². The van der Waals surface area contributed by atoms with Gasteiger partial charge in [0.1, 0.15) is 0 Å². The minimum Gasteiger partial charge on any atom is -0.441 e. The van der Waals surface area contributed by atoms with Gasteiger partial charge in [-0.25, -0.2) is 4.79 Å². The predicted molar refractivity (Wildman–Crippen MR) is 118 cm³/mol. The molecule has 0 aromatic heterocycles. The molecule has 3 aromatic carbocycles. The van der Waals surface area contributed by atoms with Crippen molar-refractivity contribution >= 4 is 17.2 Å². The molecule has 2 heterocycles. The number of rotatable bonds is 3. The van der Waals surface area contributed by atoms with E-state index >= 15 is 0 Å². The smallest absolute Gasteiger partial charge is 0.340 e. The largest absolute Gasteiger partial charge is 0.441 e. The van der Waals surface area contributed by atoms with Crippen LogP contribution >= 0.6 is 0 Å². The molecule has 150 valence electrons. The van der Waals surface area contributed by atoms with Gasteiger partial charge in [0.2, 0.25) is 0 Å². The van der Waals surface area contributed by atoms with Crippen LogP contribution in [-0.4, -0.2) is 25.6 Å². The molecule has 2 aliphatic rings. The average Bonchev–Trinajstić information content (AvgIpc) is 3.18. The lowest BCUT2D eigenvalue weighted by atomic mass is 9.72. The van der Waals surface area contributed by atoms with Crippen LogP contribution in [0.4, 0.5) is 5.69 Å². The van der Waals surface area contributed by atoms with Crippen molar-refractivity contribution in [3.05, 3.63) is 100 Å².